The van der Waals surface area contributed by atoms with E-state index in [4.69, 9.17) is 5.11 Å². The van der Waals surface area contributed by atoms with Gasteiger partial charge in [-0.15, -0.1) is 0 Å². The Morgan fingerprint density at radius 1 is 1.45 bits per heavy atom. The molecule has 0 aromatic heterocycles. The summed E-state index contributed by atoms with van der Waals surface area (Å²) in [7, 11) is 4.28. The molecule has 0 spiro atoms. The normalized spacial score (nSPS) is 20.9. The van der Waals surface area contributed by atoms with Gasteiger partial charge in [0.2, 0.25) is 0 Å². The first-order valence-corrected chi connectivity index (χ1v) is 7.42. The van der Waals surface area contributed by atoms with Crippen LogP contribution in [0.2, 0.25) is 0 Å². The van der Waals surface area contributed by atoms with Gasteiger partial charge in [-0.05, 0) is 48.2 Å². The Morgan fingerprint density at radius 2 is 2.20 bits per heavy atom. The van der Waals surface area contributed by atoms with Crippen molar-refractivity contribution < 1.29 is 9.90 Å². The van der Waals surface area contributed by atoms with E-state index in [1.54, 1.807) is 12.1 Å². The molecule has 20 heavy (non-hydrogen) atoms. The fraction of sp³-hybridized carbons (Fsp3) is 0.500. The van der Waals surface area contributed by atoms with E-state index in [2.05, 4.69) is 45.1 Å². The first kappa shape index (κ1) is 15.3. The fourth-order valence-electron chi connectivity index (χ4n) is 2.36. The molecule has 1 saturated heterocycles. The van der Waals surface area contributed by atoms with Gasteiger partial charge in [0.15, 0.2) is 0 Å². The zero-order valence-electron chi connectivity index (χ0n) is 11.8. The van der Waals surface area contributed by atoms with Gasteiger partial charge in [-0.1, -0.05) is 0 Å². The van der Waals surface area contributed by atoms with E-state index in [1.807, 2.05) is 6.07 Å². The number of carbonyl (C=O) groups is 1. The van der Waals surface area contributed by atoms with Crippen molar-refractivity contribution in [1.29, 1.82) is 0 Å². The number of halogens is 1. The first-order chi connectivity index (χ1) is 9.47. The van der Waals surface area contributed by atoms with Crippen LogP contribution in [0.1, 0.15) is 10.4 Å². The molecule has 0 saturated carbocycles. The van der Waals surface area contributed by atoms with Crippen LogP contribution in [0.3, 0.4) is 0 Å². The number of piperazine rings is 1. The van der Waals surface area contributed by atoms with Gasteiger partial charge in [0.25, 0.3) is 0 Å². The van der Waals surface area contributed by atoms with E-state index < -0.39 is 5.97 Å². The van der Waals surface area contributed by atoms with Gasteiger partial charge in [-0.2, -0.15) is 0 Å². The minimum absolute atomic E-state index is 0.282. The highest BCUT2D eigenvalue weighted by atomic mass is 79.9. The number of likely N-dealkylation sites (N-methyl/N-ethyl adjacent to an activating group) is 2. The zero-order valence-corrected chi connectivity index (χ0v) is 13.4. The van der Waals surface area contributed by atoms with Gasteiger partial charge in [-0.25, -0.2) is 4.79 Å². The molecule has 2 N–H and O–H groups in total. The maximum atomic E-state index is 11.0. The summed E-state index contributed by atoms with van der Waals surface area (Å²) in [5, 5.41) is 12.4. The first-order valence-electron chi connectivity index (χ1n) is 6.63. The predicted octanol–water partition coefficient (Wildman–Crippen LogP) is 1.80. The molecule has 1 atom stereocenters. The number of nitrogens with one attached hydrogen (secondary N) is 1. The Hall–Kier alpha value is -1.11. The summed E-state index contributed by atoms with van der Waals surface area (Å²) in [4.78, 5) is 15.6. The van der Waals surface area contributed by atoms with Gasteiger partial charge in [-0.3, -0.25) is 4.90 Å². The van der Waals surface area contributed by atoms with E-state index in [0.29, 0.717) is 10.5 Å². The van der Waals surface area contributed by atoms with E-state index >= 15 is 0 Å². The van der Waals surface area contributed by atoms with Crippen molar-refractivity contribution in [1.82, 2.24) is 9.80 Å². The van der Waals surface area contributed by atoms with Crippen LogP contribution in [0.15, 0.2) is 22.7 Å². The van der Waals surface area contributed by atoms with Crippen LogP contribution >= 0.6 is 15.9 Å². The molecule has 0 radical (unpaired) electrons. The Labute approximate surface area is 127 Å². The molecule has 1 fully saturated rings. The maximum absolute atomic E-state index is 11.0. The standard InChI is InChI=1S/C14H20BrN3O2/c1-17-5-6-18(2)11(9-17)8-16-10-3-4-12(14(19)20)13(15)7-10/h3-4,7,11,16H,5-6,8-9H2,1-2H3,(H,19,20). The molecule has 1 unspecified atom stereocenters. The molecule has 2 rings (SSSR count). The number of carboxylic acid groups (broad SMARTS) is 1. The Bertz CT molecular complexity index is 495. The molecule has 1 aromatic carbocycles. The van der Waals surface area contributed by atoms with E-state index in [9.17, 15) is 4.79 Å². The Morgan fingerprint density at radius 3 is 2.85 bits per heavy atom. The molecule has 6 heteroatoms. The number of nitrogens with zero attached hydrogens (tertiary/aromatic N) is 2. The van der Waals surface area contributed by atoms with Crippen LogP contribution in [0.4, 0.5) is 5.69 Å². The zero-order chi connectivity index (χ0) is 14.7. The lowest BCUT2D eigenvalue weighted by molar-refractivity contribution is 0.0696. The van der Waals surface area contributed by atoms with Gasteiger partial charge in [0, 0.05) is 42.4 Å². The van der Waals surface area contributed by atoms with Crippen LogP contribution in [0, 0.1) is 0 Å². The molecule has 0 amide bonds. The van der Waals surface area contributed by atoms with Crippen LogP contribution < -0.4 is 5.32 Å². The monoisotopic (exact) mass is 341 g/mol. The van der Waals surface area contributed by atoms with E-state index in [-0.39, 0.29) is 5.56 Å². The average Bonchev–Trinajstić information content (AvgIpc) is 2.39. The summed E-state index contributed by atoms with van der Waals surface area (Å²) in [5.74, 6) is -0.919. The van der Waals surface area contributed by atoms with Crippen LogP contribution in [0.5, 0.6) is 0 Å². The third-order valence-corrected chi connectivity index (χ3v) is 4.38. The summed E-state index contributed by atoms with van der Waals surface area (Å²) in [6.07, 6.45) is 0. The molecule has 1 aliphatic heterocycles. The van der Waals surface area contributed by atoms with Gasteiger partial charge >= 0.3 is 5.97 Å². The summed E-state index contributed by atoms with van der Waals surface area (Å²) < 4.78 is 0.601. The number of hydrogen-bond donors (Lipinski definition) is 2. The number of hydrogen-bond acceptors (Lipinski definition) is 4. The van der Waals surface area contributed by atoms with Crippen molar-refractivity contribution in [2.24, 2.45) is 0 Å². The minimum Gasteiger partial charge on any atom is -0.478 e. The predicted molar refractivity (Wildman–Crippen MR) is 83.5 cm³/mol. The van der Waals surface area contributed by atoms with Crippen molar-refractivity contribution in [3.8, 4) is 0 Å². The summed E-state index contributed by atoms with van der Waals surface area (Å²) in [6.45, 7) is 4.06. The molecular weight excluding hydrogens is 322 g/mol. The molecule has 110 valence electrons. The minimum atomic E-state index is -0.919. The van der Waals surface area contributed by atoms with Crippen molar-refractivity contribution in [2.45, 2.75) is 6.04 Å². The highest BCUT2D eigenvalue weighted by molar-refractivity contribution is 9.10. The second kappa shape index (κ2) is 6.56. The molecule has 5 nitrogen and oxygen atoms in total. The number of anilines is 1. The summed E-state index contributed by atoms with van der Waals surface area (Å²) >= 11 is 3.30. The smallest absolute Gasteiger partial charge is 0.336 e. The third-order valence-electron chi connectivity index (χ3n) is 3.72. The molecule has 1 heterocycles. The molecule has 1 aliphatic rings. The summed E-state index contributed by atoms with van der Waals surface area (Å²) in [5.41, 5.74) is 1.22. The van der Waals surface area contributed by atoms with Crippen molar-refractivity contribution in [3.05, 3.63) is 28.2 Å². The second-order valence-corrected chi connectivity index (χ2v) is 6.13. The summed E-state index contributed by atoms with van der Waals surface area (Å²) in [6, 6.07) is 5.70. The van der Waals surface area contributed by atoms with Crippen molar-refractivity contribution in [3.63, 3.8) is 0 Å². The van der Waals surface area contributed by atoms with Crippen molar-refractivity contribution in [2.75, 3.05) is 45.6 Å². The van der Waals surface area contributed by atoms with Crippen LogP contribution in [0.25, 0.3) is 0 Å². The van der Waals surface area contributed by atoms with E-state index in [1.165, 1.54) is 0 Å². The van der Waals surface area contributed by atoms with Crippen LogP contribution in [-0.2, 0) is 0 Å². The number of rotatable bonds is 4. The second-order valence-electron chi connectivity index (χ2n) is 5.28. The Kier molecular flexibility index (Phi) is 5.01. The van der Waals surface area contributed by atoms with Crippen molar-refractivity contribution >= 4 is 27.6 Å². The van der Waals surface area contributed by atoms with Crippen LogP contribution in [-0.4, -0.2) is 67.2 Å². The number of benzene rings is 1. The number of aromatic carboxylic acids is 1. The largest absolute Gasteiger partial charge is 0.478 e. The molecule has 0 bridgehead atoms. The molecule has 1 aromatic rings. The van der Waals surface area contributed by atoms with Gasteiger partial charge in [0.05, 0.1) is 5.56 Å². The highest BCUT2D eigenvalue weighted by Crippen LogP contribution is 2.22. The maximum Gasteiger partial charge on any atom is 0.336 e. The Balaban J connectivity index is 1.97. The van der Waals surface area contributed by atoms with Gasteiger partial charge in [0.1, 0.15) is 0 Å². The number of carboxylic acids is 1. The lowest BCUT2D eigenvalue weighted by Crippen LogP contribution is -2.52. The fourth-order valence-corrected chi connectivity index (χ4v) is 2.90. The topological polar surface area (TPSA) is 55.8 Å². The van der Waals surface area contributed by atoms with Gasteiger partial charge < -0.3 is 15.3 Å². The third kappa shape index (κ3) is 3.71. The molecule has 0 aliphatic carbocycles. The lowest BCUT2D eigenvalue weighted by Gasteiger charge is -2.37. The quantitative estimate of drug-likeness (QED) is 0.874. The average molecular weight is 342 g/mol. The SMILES string of the molecule is CN1CCN(C)C(CNc2ccc(C(=O)O)c(Br)c2)C1. The highest BCUT2D eigenvalue weighted by Gasteiger charge is 2.21. The lowest BCUT2D eigenvalue weighted by atomic mass is 10.1. The molecular formula is C14H20BrN3O2. The van der Waals surface area contributed by atoms with E-state index in [0.717, 1.165) is 31.9 Å².